The van der Waals surface area contributed by atoms with Gasteiger partial charge in [0.05, 0.1) is 16.9 Å². The Hall–Kier alpha value is -2.42. The van der Waals surface area contributed by atoms with E-state index in [2.05, 4.69) is 11.0 Å². The third-order valence-corrected chi connectivity index (χ3v) is 3.46. The lowest BCUT2D eigenvalue weighted by atomic mass is 10.1. The zero-order chi connectivity index (χ0) is 16.3. The number of hydrogen-bond donors (Lipinski definition) is 1. The minimum Gasteiger partial charge on any atom is -0.444 e. The van der Waals surface area contributed by atoms with Crippen LogP contribution in [0.2, 0.25) is 0 Å². The Labute approximate surface area is 131 Å². The molecule has 1 saturated heterocycles. The van der Waals surface area contributed by atoms with Crippen LogP contribution in [0.4, 0.5) is 16.2 Å². The number of ether oxygens (including phenoxy) is 1. The maximum absolute atomic E-state index is 12.0. The van der Waals surface area contributed by atoms with Crippen LogP contribution in [-0.4, -0.2) is 42.8 Å². The molecular weight excluding hydrogens is 280 g/mol. The molecular formula is C16H22N4O2. The average Bonchev–Trinajstić information content (AvgIpc) is 2.45. The third kappa shape index (κ3) is 3.61. The molecule has 0 aliphatic carbocycles. The number of anilines is 2. The van der Waals surface area contributed by atoms with E-state index in [0.29, 0.717) is 37.4 Å². The number of amides is 1. The van der Waals surface area contributed by atoms with Crippen LogP contribution in [0.3, 0.4) is 0 Å². The summed E-state index contributed by atoms with van der Waals surface area (Å²) in [5, 5.41) is 9.26. The average molecular weight is 302 g/mol. The predicted molar refractivity (Wildman–Crippen MR) is 85.6 cm³/mol. The van der Waals surface area contributed by atoms with E-state index >= 15 is 0 Å². The fourth-order valence-electron chi connectivity index (χ4n) is 2.40. The molecule has 1 fully saturated rings. The fraction of sp³-hybridized carbons (Fsp3) is 0.500. The fourth-order valence-corrected chi connectivity index (χ4v) is 2.40. The zero-order valence-corrected chi connectivity index (χ0v) is 13.3. The summed E-state index contributed by atoms with van der Waals surface area (Å²) in [7, 11) is 0. The number of benzene rings is 1. The highest BCUT2D eigenvalue weighted by Gasteiger charge is 2.26. The largest absolute Gasteiger partial charge is 0.444 e. The molecule has 1 aliphatic heterocycles. The molecule has 1 aromatic rings. The Bertz CT molecular complexity index is 593. The quantitative estimate of drug-likeness (QED) is 0.804. The molecule has 0 unspecified atom stereocenters. The van der Waals surface area contributed by atoms with Crippen molar-refractivity contribution in [3.05, 3.63) is 23.8 Å². The number of nitrogen functional groups attached to an aromatic ring is 1. The molecule has 1 aromatic carbocycles. The van der Waals surface area contributed by atoms with Crippen LogP contribution >= 0.6 is 0 Å². The van der Waals surface area contributed by atoms with E-state index in [-0.39, 0.29) is 6.09 Å². The monoisotopic (exact) mass is 302 g/mol. The van der Waals surface area contributed by atoms with Crippen LogP contribution < -0.4 is 10.6 Å². The van der Waals surface area contributed by atoms with Gasteiger partial charge in [-0.25, -0.2) is 4.79 Å². The minimum absolute atomic E-state index is 0.291. The number of carbonyl (C=O) groups is 1. The first kappa shape index (κ1) is 16.0. The van der Waals surface area contributed by atoms with Crippen LogP contribution in [0.1, 0.15) is 26.3 Å². The molecule has 2 rings (SSSR count). The van der Waals surface area contributed by atoms with Crippen molar-refractivity contribution >= 4 is 17.5 Å². The first-order chi connectivity index (χ1) is 10.3. The van der Waals surface area contributed by atoms with Crippen LogP contribution in [-0.2, 0) is 4.74 Å². The van der Waals surface area contributed by atoms with Gasteiger partial charge in [-0.2, -0.15) is 5.26 Å². The summed E-state index contributed by atoms with van der Waals surface area (Å²) in [5.74, 6) is 0. The maximum Gasteiger partial charge on any atom is 0.410 e. The summed E-state index contributed by atoms with van der Waals surface area (Å²) < 4.78 is 5.38. The van der Waals surface area contributed by atoms with E-state index in [1.165, 1.54) is 0 Å². The highest BCUT2D eigenvalue weighted by molar-refractivity contribution is 5.72. The molecule has 22 heavy (non-hydrogen) atoms. The number of nitriles is 1. The lowest BCUT2D eigenvalue weighted by Crippen LogP contribution is -2.50. The van der Waals surface area contributed by atoms with Gasteiger partial charge in [-0.05, 0) is 32.9 Å². The smallest absolute Gasteiger partial charge is 0.410 e. The molecule has 118 valence electrons. The molecule has 1 heterocycles. The van der Waals surface area contributed by atoms with E-state index in [1.807, 2.05) is 32.9 Å². The normalized spacial score (nSPS) is 15.4. The first-order valence-corrected chi connectivity index (χ1v) is 7.33. The van der Waals surface area contributed by atoms with Gasteiger partial charge < -0.3 is 20.3 Å². The summed E-state index contributed by atoms with van der Waals surface area (Å²) in [6, 6.07) is 7.60. The summed E-state index contributed by atoms with van der Waals surface area (Å²) in [5.41, 5.74) is 7.16. The van der Waals surface area contributed by atoms with Gasteiger partial charge in [0.2, 0.25) is 0 Å². The molecule has 0 radical (unpaired) electrons. The van der Waals surface area contributed by atoms with Gasteiger partial charge >= 0.3 is 6.09 Å². The summed E-state index contributed by atoms with van der Waals surface area (Å²) in [6.07, 6.45) is -0.291. The second-order valence-electron chi connectivity index (χ2n) is 6.31. The van der Waals surface area contributed by atoms with Crippen LogP contribution in [0, 0.1) is 11.3 Å². The van der Waals surface area contributed by atoms with Gasteiger partial charge in [0.1, 0.15) is 11.7 Å². The second kappa shape index (κ2) is 6.14. The summed E-state index contributed by atoms with van der Waals surface area (Å²) >= 11 is 0. The van der Waals surface area contributed by atoms with Gasteiger partial charge in [-0.1, -0.05) is 6.07 Å². The van der Waals surface area contributed by atoms with Crippen LogP contribution in [0.15, 0.2) is 18.2 Å². The first-order valence-electron chi connectivity index (χ1n) is 7.33. The Morgan fingerprint density at radius 1 is 1.27 bits per heavy atom. The van der Waals surface area contributed by atoms with Crippen molar-refractivity contribution in [3.8, 4) is 6.07 Å². The molecule has 6 heteroatoms. The summed E-state index contributed by atoms with van der Waals surface area (Å²) in [6.45, 7) is 7.99. The van der Waals surface area contributed by atoms with Gasteiger partial charge in [-0.3, -0.25) is 0 Å². The van der Waals surface area contributed by atoms with E-state index in [1.54, 1.807) is 11.0 Å². The number of nitrogens with two attached hydrogens (primary N) is 1. The topological polar surface area (TPSA) is 82.6 Å². The van der Waals surface area contributed by atoms with E-state index in [4.69, 9.17) is 10.5 Å². The molecule has 0 saturated carbocycles. The maximum atomic E-state index is 12.0. The molecule has 1 amide bonds. The number of rotatable bonds is 1. The van der Waals surface area contributed by atoms with Crippen molar-refractivity contribution in [2.45, 2.75) is 26.4 Å². The zero-order valence-electron chi connectivity index (χ0n) is 13.3. The Morgan fingerprint density at radius 3 is 2.45 bits per heavy atom. The number of piperazine rings is 1. The third-order valence-electron chi connectivity index (χ3n) is 3.46. The molecule has 1 aliphatic rings. The van der Waals surface area contributed by atoms with Gasteiger partial charge in [0.25, 0.3) is 0 Å². The van der Waals surface area contributed by atoms with Crippen molar-refractivity contribution in [2.75, 3.05) is 36.8 Å². The molecule has 0 spiro atoms. The number of carbonyl (C=O) groups excluding carboxylic acids is 1. The Kier molecular flexibility index (Phi) is 4.45. The van der Waals surface area contributed by atoms with E-state index in [9.17, 15) is 10.1 Å². The van der Waals surface area contributed by atoms with Crippen molar-refractivity contribution in [3.63, 3.8) is 0 Å². The highest BCUT2D eigenvalue weighted by Crippen LogP contribution is 2.26. The lowest BCUT2D eigenvalue weighted by Gasteiger charge is -2.37. The molecule has 0 atom stereocenters. The predicted octanol–water partition coefficient (Wildman–Crippen LogP) is 2.20. The minimum atomic E-state index is -0.490. The van der Waals surface area contributed by atoms with Crippen molar-refractivity contribution < 1.29 is 9.53 Å². The number of hydrogen-bond acceptors (Lipinski definition) is 5. The number of nitrogens with zero attached hydrogens (tertiary/aromatic N) is 3. The Balaban J connectivity index is 2.03. The standard InChI is InChI=1S/C16H22N4O2/c1-16(2,3)22-15(21)20-9-7-19(8-10-20)14-6-4-5-13(18)12(14)11-17/h4-6H,7-10,18H2,1-3H3. The van der Waals surface area contributed by atoms with Crippen molar-refractivity contribution in [1.82, 2.24) is 4.90 Å². The van der Waals surface area contributed by atoms with Gasteiger partial charge in [-0.15, -0.1) is 0 Å². The highest BCUT2D eigenvalue weighted by atomic mass is 16.6. The van der Waals surface area contributed by atoms with E-state index < -0.39 is 5.60 Å². The van der Waals surface area contributed by atoms with Gasteiger partial charge in [0, 0.05) is 26.2 Å². The Morgan fingerprint density at radius 2 is 1.91 bits per heavy atom. The van der Waals surface area contributed by atoms with Gasteiger partial charge in [0.15, 0.2) is 0 Å². The van der Waals surface area contributed by atoms with E-state index in [0.717, 1.165) is 5.69 Å². The van der Waals surface area contributed by atoms with Crippen LogP contribution in [0.25, 0.3) is 0 Å². The van der Waals surface area contributed by atoms with Crippen LogP contribution in [0.5, 0.6) is 0 Å². The lowest BCUT2D eigenvalue weighted by molar-refractivity contribution is 0.0240. The molecule has 0 bridgehead atoms. The molecule has 0 aromatic heterocycles. The van der Waals surface area contributed by atoms with Crippen molar-refractivity contribution in [1.29, 1.82) is 5.26 Å². The second-order valence-corrected chi connectivity index (χ2v) is 6.31. The molecule has 2 N–H and O–H groups in total. The van der Waals surface area contributed by atoms with Crippen molar-refractivity contribution in [2.24, 2.45) is 0 Å². The molecule has 6 nitrogen and oxygen atoms in total. The SMILES string of the molecule is CC(C)(C)OC(=O)N1CCN(c2cccc(N)c2C#N)CC1. The summed E-state index contributed by atoms with van der Waals surface area (Å²) in [4.78, 5) is 15.8.